The lowest BCUT2D eigenvalue weighted by molar-refractivity contribution is -0.416. The molecule has 0 saturated carbocycles. The Bertz CT molecular complexity index is 959. The van der Waals surface area contributed by atoms with Crippen LogP contribution in [-0.2, 0) is 30.5 Å². The van der Waals surface area contributed by atoms with E-state index in [4.69, 9.17) is 29.3 Å². The molecule has 0 heterocycles. The van der Waals surface area contributed by atoms with Gasteiger partial charge in [-0.15, -0.1) is 0 Å². The molecule has 8 nitrogen and oxygen atoms in total. The number of esters is 1. The van der Waals surface area contributed by atoms with Crippen LogP contribution in [0, 0.1) is 0 Å². The van der Waals surface area contributed by atoms with Gasteiger partial charge in [-0.3, -0.25) is 0 Å². The van der Waals surface area contributed by atoms with Crippen LogP contribution in [0.15, 0.2) is 91.0 Å². The summed E-state index contributed by atoms with van der Waals surface area (Å²) in [6.45, 7) is 0.425. The van der Waals surface area contributed by atoms with E-state index in [0.717, 1.165) is 16.7 Å². The Balaban J connectivity index is 0.000000569. The van der Waals surface area contributed by atoms with Gasteiger partial charge in [0, 0.05) is 0 Å². The van der Waals surface area contributed by atoms with E-state index < -0.39 is 18.0 Å². The van der Waals surface area contributed by atoms with Crippen molar-refractivity contribution < 1.29 is 39.8 Å². The maximum Gasteiger partial charge on any atom is 0.367 e. The van der Waals surface area contributed by atoms with Crippen molar-refractivity contribution in [2.75, 3.05) is 6.61 Å². The fraction of sp³-hybridized carbons (Fsp3) is 0.160. The molecule has 0 saturated heterocycles. The maximum atomic E-state index is 12.2. The monoisotopic (exact) mass is 451 g/mol. The molecule has 3 aromatic carbocycles. The topological polar surface area (TPSA) is 141 Å². The van der Waals surface area contributed by atoms with Crippen molar-refractivity contribution in [3.05, 3.63) is 108 Å². The van der Waals surface area contributed by atoms with Gasteiger partial charge >= 0.3 is 11.9 Å². The first-order chi connectivity index (χ1) is 15.9. The molecule has 0 bridgehead atoms. The van der Waals surface area contributed by atoms with E-state index in [1.807, 2.05) is 91.0 Å². The smallest absolute Gasteiger partial charge is 0.367 e. The van der Waals surface area contributed by atoms with Gasteiger partial charge in [0.05, 0.1) is 0 Å². The van der Waals surface area contributed by atoms with Crippen molar-refractivity contribution in [2.45, 2.75) is 18.8 Å². The van der Waals surface area contributed by atoms with Crippen molar-refractivity contribution in [1.82, 2.24) is 0 Å². The predicted molar refractivity (Wildman–Crippen MR) is 116 cm³/mol. The Labute approximate surface area is 191 Å². The van der Waals surface area contributed by atoms with Crippen LogP contribution < -0.4 is 10.8 Å². The van der Waals surface area contributed by atoms with E-state index in [1.54, 1.807) is 0 Å². The molecule has 0 aliphatic rings. The molecule has 33 heavy (non-hydrogen) atoms. The third kappa shape index (κ3) is 8.94. The summed E-state index contributed by atoms with van der Waals surface area (Å²) in [7, 11) is 0. The van der Waals surface area contributed by atoms with E-state index >= 15 is 0 Å². The molecule has 0 spiro atoms. The van der Waals surface area contributed by atoms with Crippen molar-refractivity contribution in [1.29, 1.82) is 0 Å². The maximum absolute atomic E-state index is 12.2. The molecule has 0 radical (unpaired) electrons. The average Bonchev–Trinajstić information content (AvgIpc) is 2.85. The minimum Gasteiger partial charge on any atom is -0.539 e. The highest BCUT2D eigenvalue weighted by molar-refractivity contribution is 6.26. The van der Waals surface area contributed by atoms with Gasteiger partial charge in [0.25, 0.3) is 0 Å². The first-order valence-electron chi connectivity index (χ1n) is 10.1. The Morgan fingerprint density at radius 1 is 0.818 bits per heavy atom. The summed E-state index contributed by atoms with van der Waals surface area (Å²) in [6, 6.07) is 28.9. The summed E-state index contributed by atoms with van der Waals surface area (Å²) < 4.78 is 11.4. The number of quaternary nitrogens is 1. The lowest BCUT2D eigenvalue weighted by Gasteiger charge is -2.20. The molecular formula is C25H25NO7. The number of carbonyl (C=O) groups is 3. The predicted octanol–water partition coefficient (Wildman–Crippen LogP) is 0.967. The van der Waals surface area contributed by atoms with Crippen LogP contribution in [0.5, 0.6) is 0 Å². The molecule has 0 aliphatic carbocycles. The van der Waals surface area contributed by atoms with E-state index in [1.165, 1.54) is 0 Å². The SMILES string of the molecule is O=C([O-])C(=O)O.[NH3+][C@@H](COC(c1ccccc1)c1ccccc1)C(=O)OCc1ccccc1. The second kappa shape index (κ2) is 13.4. The molecule has 0 fully saturated rings. The van der Waals surface area contributed by atoms with Crippen LogP contribution in [0.1, 0.15) is 22.8 Å². The molecule has 3 aromatic rings. The Hall–Kier alpha value is -4.01. The minimum atomic E-state index is -2.07. The van der Waals surface area contributed by atoms with Crippen LogP contribution >= 0.6 is 0 Å². The summed E-state index contributed by atoms with van der Waals surface area (Å²) >= 11 is 0. The number of benzene rings is 3. The molecule has 0 unspecified atom stereocenters. The Morgan fingerprint density at radius 3 is 1.67 bits per heavy atom. The molecule has 172 valence electrons. The first kappa shape index (κ1) is 25.3. The average molecular weight is 451 g/mol. The van der Waals surface area contributed by atoms with Crippen LogP contribution in [0.25, 0.3) is 0 Å². The van der Waals surface area contributed by atoms with Crippen molar-refractivity contribution in [3.63, 3.8) is 0 Å². The summed E-state index contributed by atoms with van der Waals surface area (Å²) in [4.78, 5) is 30.3. The van der Waals surface area contributed by atoms with Crippen molar-refractivity contribution in [2.24, 2.45) is 0 Å². The zero-order valence-corrected chi connectivity index (χ0v) is 17.8. The molecule has 0 amide bonds. The highest BCUT2D eigenvalue weighted by Gasteiger charge is 2.23. The molecule has 8 heteroatoms. The number of ether oxygens (including phenoxy) is 2. The fourth-order valence-corrected chi connectivity index (χ4v) is 2.77. The zero-order valence-electron chi connectivity index (χ0n) is 17.8. The summed E-state index contributed by atoms with van der Waals surface area (Å²) in [5.74, 6) is -4.37. The number of hydrogen-bond acceptors (Lipinski definition) is 6. The molecular weight excluding hydrogens is 426 g/mol. The van der Waals surface area contributed by atoms with Crippen LogP contribution in [0.2, 0.25) is 0 Å². The Kier molecular flexibility index (Phi) is 10.3. The standard InChI is InChI=1S/C23H23NO3.C2H2O4/c24-21(23(25)27-16-18-10-4-1-5-11-18)17-26-22(19-12-6-2-7-13-19)20-14-8-3-9-15-20;3-1(4)2(5)6/h1-15,21-22H,16-17,24H2;(H,3,4)(H,5,6)/t21-;/m0./s1. The minimum absolute atomic E-state index is 0.183. The lowest BCUT2D eigenvalue weighted by Crippen LogP contribution is -2.67. The number of carboxylic acid groups (broad SMARTS) is 2. The third-order valence-corrected chi connectivity index (χ3v) is 4.40. The normalized spacial score (nSPS) is 11.1. The summed E-state index contributed by atoms with van der Waals surface area (Å²) in [6.07, 6.45) is -0.251. The van der Waals surface area contributed by atoms with Gasteiger partial charge < -0.3 is 30.2 Å². The molecule has 0 aromatic heterocycles. The highest BCUT2D eigenvalue weighted by Crippen LogP contribution is 2.25. The number of carboxylic acids is 2. The Morgan fingerprint density at radius 2 is 1.24 bits per heavy atom. The van der Waals surface area contributed by atoms with E-state index in [2.05, 4.69) is 5.73 Å². The quantitative estimate of drug-likeness (QED) is 0.384. The number of hydrogen-bond donors (Lipinski definition) is 2. The first-order valence-corrected chi connectivity index (χ1v) is 10.1. The van der Waals surface area contributed by atoms with Crippen molar-refractivity contribution >= 4 is 17.9 Å². The van der Waals surface area contributed by atoms with Crippen LogP contribution in [-0.4, -0.2) is 35.7 Å². The lowest BCUT2D eigenvalue weighted by atomic mass is 10.0. The van der Waals surface area contributed by atoms with Gasteiger partial charge in [0.2, 0.25) is 6.04 Å². The van der Waals surface area contributed by atoms with E-state index in [9.17, 15) is 4.79 Å². The van der Waals surface area contributed by atoms with Gasteiger partial charge in [-0.1, -0.05) is 91.0 Å². The van der Waals surface area contributed by atoms with E-state index in [0.29, 0.717) is 0 Å². The summed E-state index contributed by atoms with van der Waals surface area (Å²) in [5.41, 5.74) is 6.93. The van der Waals surface area contributed by atoms with Gasteiger partial charge in [-0.05, 0) is 16.7 Å². The van der Waals surface area contributed by atoms with Gasteiger partial charge in [-0.2, -0.15) is 0 Å². The second-order valence-electron chi connectivity index (χ2n) is 6.92. The van der Waals surface area contributed by atoms with Crippen molar-refractivity contribution in [3.8, 4) is 0 Å². The number of aliphatic carboxylic acids is 2. The fourth-order valence-electron chi connectivity index (χ4n) is 2.77. The van der Waals surface area contributed by atoms with Crippen LogP contribution in [0.3, 0.4) is 0 Å². The number of carbonyl (C=O) groups excluding carboxylic acids is 2. The summed E-state index contributed by atoms with van der Waals surface area (Å²) in [5, 5.41) is 16.3. The number of rotatable bonds is 8. The van der Waals surface area contributed by atoms with Gasteiger partial charge in [-0.25, -0.2) is 9.59 Å². The largest absolute Gasteiger partial charge is 0.539 e. The van der Waals surface area contributed by atoms with Gasteiger partial charge in [0.1, 0.15) is 19.3 Å². The second-order valence-corrected chi connectivity index (χ2v) is 6.92. The zero-order chi connectivity index (χ0) is 24.1. The third-order valence-electron chi connectivity index (χ3n) is 4.40. The van der Waals surface area contributed by atoms with Gasteiger partial charge in [0.15, 0.2) is 5.97 Å². The molecule has 4 N–H and O–H groups in total. The van der Waals surface area contributed by atoms with E-state index in [-0.39, 0.29) is 25.3 Å². The molecule has 3 rings (SSSR count). The highest BCUT2D eigenvalue weighted by atomic mass is 16.5. The van der Waals surface area contributed by atoms with Crippen LogP contribution in [0.4, 0.5) is 0 Å². The molecule has 1 atom stereocenters. The molecule has 0 aliphatic heterocycles.